The molecule has 1 amide bonds. The highest BCUT2D eigenvalue weighted by Gasteiger charge is 2.27. The van der Waals surface area contributed by atoms with E-state index in [0.29, 0.717) is 38.2 Å². The summed E-state index contributed by atoms with van der Waals surface area (Å²) in [6, 6.07) is 6.64. The Hall–Kier alpha value is -2.34. The van der Waals surface area contributed by atoms with Gasteiger partial charge in [0, 0.05) is 25.4 Å². The van der Waals surface area contributed by atoms with Gasteiger partial charge < -0.3 is 9.64 Å². The standard InChI is InChI=1S/C20H24FN3O2/c1-15-19(23-11-10-22-15)8-7-17-14-26-13-12-24(17)20(25)9-6-16-4-2-3-5-18(16)21/h2-5,10-11,17H,6-9,12-14H2,1H3. The van der Waals surface area contributed by atoms with Gasteiger partial charge in [-0.3, -0.25) is 14.8 Å². The third kappa shape index (κ3) is 4.64. The first-order valence-corrected chi connectivity index (χ1v) is 9.02. The number of hydrogen-bond acceptors (Lipinski definition) is 4. The van der Waals surface area contributed by atoms with E-state index in [1.807, 2.05) is 11.8 Å². The van der Waals surface area contributed by atoms with Crippen molar-refractivity contribution in [3.05, 3.63) is 59.4 Å². The molecule has 0 N–H and O–H groups in total. The highest BCUT2D eigenvalue weighted by Crippen LogP contribution is 2.17. The van der Waals surface area contributed by atoms with Gasteiger partial charge in [0.15, 0.2) is 0 Å². The molecule has 0 saturated carbocycles. The van der Waals surface area contributed by atoms with E-state index in [2.05, 4.69) is 9.97 Å². The monoisotopic (exact) mass is 357 g/mol. The molecule has 1 aliphatic rings. The molecule has 6 heteroatoms. The van der Waals surface area contributed by atoms with Crippen LogP contribution in [0.15, 0.2) is 36.7 Å². The van der Waals surface area contributed by atoms with Crippen molar-refractivity contribution >= 4 is 5.91 Å². The summed E-state index contributed by atoms with van der Waals surface area (Å²) in [7, 11) is 0. The first kappa shape index (κ1) is 18.5. The molecule has 5 nitrogen and oxygen atoms in total. The molecule has 26 heavy (non-hydrogen) atoms. The number of rotatable bonds is 6. The smallest absolute Gasteiger partial charge is 0.223 e. The fourth-order valence-corrected chi connectivity index (χ4v) is 3.29. The average Bonchev–Trinajstić information content (AvgIpc) is 2.67. The van der Waals surface area contributed by atoms with Gasteiger partial charge >= 0.3 is 0 Å². The van der Waals surface area contributed by atoms with Crippen LogP contribution in [-0.2, 0) is 22.4 Å². The molecule has 0 bridgehead atoms. The van der Waals surface area contributed by atoms with Crippen LogP contribution in [-0.4, -0.2) is 46.6 Å². The lowest BCUT2D eigenvalue weighted by molar-refractivity contribution is -0.140. The van der Waals surface area contributed by atoms with Crippen molar-refractivity contribution in [2.75, 3.05) is 19.8 Å². The summed E-state index contributed by atoms with van der Waals surface area (Å²) in [4.78, 5) is 23.2. The van der Waals surface area contributed by atoms with Crippen LogP contribution in [0.3, 0.4) is 0 Å². The Bertz CT molecular complexity index is 753. The minimum atomic E-state index is -0.253. The summed E-state index contributed by atoms with van der Waals surface area (Å²) in [5.41, 5.74) is 2.46. The number of amides is 1. The van der Waals surface area contributed by atoms with E-state index in [1.165, 1.54) is 6.07 Å². The van der Waals surface area contributed by atoms with Crippen molar-refractivity contribution in [2.24, 2.45) is 0 Å². The summed E-state index contributed by atoms with van der Waals surface area (Å²) >= 11 is 0. The summed E-state index contributed by atoms with van der Waals surface area (Å²) < 4.78 is 19.3. The zero-order valence-corrected chi connectivity index (χ0v) is 15.0. The van der Waals surface area contributed by atoms with Crippen molar-refractivity contribution in [1.82, 2.24) is 14.9 Å². The summed E-state index contributed by atoms with van der Waals surface area (Å²) in [6.07, 6.45) is 5.63. The van der Waals surface area contributed by atoms with Crippen LogP contribution in [0.1, 0.15) is 29.8 Å². The van der Waals surface area contributed by atoms with Gasteiger partial charge in [0.05, 0.1) is 30.6 Å². The van der Waals surface area contributed by atoms with E-state index in [1.54, 1.807) is 30.6 Å². The third-order valence-corrected chi connectivity index (χ3v) is 4.81. The topological polar surface area (TPSA) is 55.3 Å². The number of ether oxygens (including phenoxy) is 1. The van der Waals surface area contributed by atoms with E-state index < -0.39 is 0 Å². The quantitative estimate of drug-likeness (QED) is 0.798. The summed E-state index contributed by atoms with van der Waals surface area (Å²) in [6.45, 7) is 3.61. The molecule has 1 atom stereocenters. The molecular weight excluding hydrogens is 333 g/mol. The molecule has 1 unspecified atom stereocenters. The van der Waals surface area contributed by atoms with Crippen LogP contribution < -0.4 is 0 Å². The van der Waals surface area contributed by atoms with Gasteiger partial charge in [-0.05, 0) is 37.8 Å². The van der Waals surface area contributed by atoms with Crippen LogP contribution in [0.2, 0.25) is 0 Å². The van der Waals surface area contributed by atoms with Gasteiger partial charge in [-0.15, -0.1) is 0 Å². The zero-order chi connectivity index (χ0) is 18.4. The minimum Gasteiger partial charge on any atom is -0.377 e. The second-order valence-corrected chi connectivity index (χ2v) is 6.53. The predicted molar refractivity (Wildman–Crippen MR) is 96.1 cm³/mol. The number of nitrogens with zero attached hydrogens (tertiary/aromatic N) is 3. The van der Waals surface area contributed by atoms with Gasteiger partial charge in [-0.25, -0.2) is 4.39 Å². The number of benzene rings is 1. The lowest BCUT2D eigenvalue weighted by Crippen LogP contribution is -2.49. The first-order valence-electron chi connectivity index (χ1n) is 9.02. The molecule has 1 aromatic heterocycles. The predicted octanol–water partition coefficient (Wildman–Crippen LogP) is 2.72. The van der Waals surface area contributed by atoms with Crippen LogP contribution in [0, 0.1) is 12.7 Å². The van der Waals surface area contributed by atoms with Crippen molar-refractivity contribution in [1.29, 1.82) is 0 Å². The number of halogens is 1. The van der Waals surface area contributed by atoms with E-state index in [-0.39, 0.29) is 17.8 Å². The SMILES string of the molecule is Cc1nccnc1CCC1COCCN1C(=O)CCc1ccccc1F. The van der Waals surface area contributed by atoms with Gasteiger partial charge in [0.1, 0.15) is 5.82 Å². The van der Waals surface area contributed by atoms with Crippen molar-refractivity contribution in [3.8, 4) is 0 Å². The second-order valence-electron chi connectivity index (χ2n) is 6.53. The van der Waals surface area contributed by atoms with Crippen LogP contribution >= 0.6 is 0 Å². The van der Waals surface area contributed by atoms with Crippen molar-refractivity contribution < 1.29 is 13.9 Å². The van der Waals surface area contributed by atoms with Crippen LogP contribution in [0.5, 0.6) is 0 Å². The highest BCUT2D eigenvalue weighted by atomic mass is 19.1. The maximum atomic E-state index is 13.7. The summed E-state index contributed by atoms with van der Waals surface area (Å²) in [5.74, 6) is -0.200. The second kappa shape index (κ2) is 8.85. The molecule has 138 valence electrons. The van der Waals surface area contributed by atoms with Gasteiger partial charge in [-0.2, -0.15) is 0 Å². The molecule has 3 rings (SSSR count). The normalized spacial score (nSPS) is 17.3. The Labute approximate surface area is 153 Å². The Morgan fingerprint density at radius 3 is 2.88 bits per heavy atom. The van der Waals surface area contributed by atoms with Gasteiger partial charge in [0.2, 0.25) is 5.91 Å². The van der Waals surface area contributed by atoms with Crippen molar-refractivity contribution in [2.45, 2.75) is 38.6 Å². The molecular formula is C20H24FN3O2. The molecule has 2 aromatic rings. The van der Waals surface area contributed by atoms with E-state index in [4.69, 9.17) is 4.74 Å². The first-order chi connectivity index (χ1) is 12.6. The maximum Gasteiger partial charge on any atom is 0.223 e. The van der Waals surface area contributed by atoms with E-state index in [0.717, 1.165) is 24.2 Å². The van der Waals surface area contributed by atoms with Crippen LogP contribution in [0.25, 0.3) is 0 Å². The van der Waals surface area contributed by atoms with Gasteiger partial charge in [0.25, 0.3) is 0 Å². The molecule has 0 radical (unpaired) electrons. The molecule has 2 heterocycles. The zero-order valence-electron chi connectivity index (χ0n) is 15.0. The number of carbonyl (C=O) groups excluding carboxylic acids is 1. The molecule has 1 aromatic carbocycles. The maximum absolute atomic E-state index is 13.7. The molecule has 1 saturated heterocycles. The Kier molecular flexibility index (Phi) is 6.28. The summed E-state index contributed by atoms with van der Waals surface area (Å²) in [5, 5.41) is 0. The lowest BCUT2D eigenvalue weighted by Gasteiger charge is -2.36. The Morgan fingerprint density at radius 1 is 1.27 bits per heavy atom. The van der Waals surface area contributed by atoms with Gasteiger partial charge in [-0.1, -0.05) is 18.2 Å². The number of aromatic nitrogens is 2. The Morgan fingerprint density at radius 2 is 2.08 bits per heavy atom. The lowest BCUT2D eigenvalue weighted by atomic mass is 10.0. The van der Waals surface area contributed by atoms with Crippen LogP contribution in [0.4, 0.5) is 4.39 Å². The largest absolute Gasteiger partial charge is 0.377 e. The number of morpholine rings is 1. The number of carbonyl (C=O) groups is 1. The minimum absolute atomic E-state index is 0.0262. The number of hydrogen-bond donors (Lipinski definition) is 0. The molecule has 0 spiro atoms. The third-order valence-electron chi connectivity index (χ3n) is 4.81. The average molecular weight is 357 g/mol. The fourth-order valence-electron chi connectivity index (χ4n) is 3.29. The number of aryl methyl sites for hydroxylation is 3. The highest BCUT2D eigenvalue weighted by molar-refractivity contribution is 5.77. The van der Waals surface area contributed by atoms with Crippen molar-refractivity contribution in [3.63, 3.8) is 0 Å². The molecule has 1 fully saturated rings. The van der Waals surface area contributed by atoms with E-state index in [9.17, 15) is 9.18 Å². The molecule has 1 aliphatic heterocycles. The Balaban J connectivity index is 1.58. The fraction of sp³-hybridized carbons (Fsp3) is 0.450. The van der Waals surface area contributed by atoms with E-state index >= 15 is 0 Å². The molecule has 0 aliphatic carbocycles.